The number of hydrogen-bond acceptors (Lipinski definition) is 5. The van der Waals surface area contributed by atoms with E-state index in [4.69, 9.17) is 4.74 Å². The van der Waals surface area contributed by atoms with Crippen molar-refractivity contribution in [2.24, 2.45) is 0 Å². The largest absolute Gasteiger partial charge is 0.467 e. The smallest absolute Gasteiger partial charge is 0.336 e. The third-order valence-electron chi connectivity index (χ3n) is 2.97. The van der Waals surface area contributed by atoms with Gasteiger partial charge >= 0.3 is 5.97 Å². The van der Waals surface area contributed by atoms with Crippen molar-refractivity contribution in [2.75, 3.05) is 26.8 Å². The Hall–Kier alpha value is -1.58. The summed E-state index contributed by atoms with van der Waals surface area (Å²) in [6.07, 6.45) is -1.06. The van der Waals surface area contributed by atoms with Gasteiger partial charge in [0.05, 0.1) is 25.2 Å². The van der Waals surface area contributed by atoms with Crippen molar-refractivity contribution < 1.29 is 31.5 Å². The van der Waals surface area contributed by atoms with Crippen molar-refractivity contribution in [3.05, 3.63) is 29.8 Å². The second-order valence-electron chi connectivity index (χ2n) is 4.35. The fourth-order valence-electron chi connectivity index (χ4n) is 1.94. The van der Waals surface area contributed by atoms with E-state index < -0.39 is 38.6 Å². The molecule has 0 aliphatic carbocycles. The number of morpholine rings is 1. The number of nitrogens with zero attached hydrogens (tertiary/aromatic N) is 1. The lowest BCUT2D eigenvalue weighted by molar-refractivity contribution is -0.157. The van der Waals surface area contributed by atoms with Crippen molar-refractivity contribution in [1.29, 1.82) is 0 Å². The Morgan fingerprint density at radius 3 is 2.52 bits per heavy atom. The van der Waals surface area contributed by atoms with Crippen LogP contribution in [0.3, 0.4) is 0 Å². The first-order valence-corrected chi connectivity index (χ1v) is 7.44. The van der Waals surface area contributed by atoms with Gasteiger partial charge in [-0.2, -0.15) is 4.31 Å². The van der Waals surface area contributed by atoms with Gasteiger partial charge in [0.25, 0.3) is 0 Å². The number of esters is 1. The zero-order valence-corrected chi connectivity index (χ0v) is 11.9. The van der Waals surface area contributed by atoms with Gasteiger partial charge in [0.15, 0.2) is 6.10 Å². The average Bonchev–Trinajstić information content (AvgIpc) is 2.45. The van der Waals surface area contributed by atoms with E-state index in [9.17, 15) is 22.0 Å². The molecule has 0 radical (unpaired) electrons. The molecule has 1 aliphatic rings. The Morgan fingerprint density at radius 1 is 1.33 bits per heavy atom. The number of halogens is 2. The summed E-state index contributed by atoms with van der Waals surface area (Å²) in [6, 6.07) is 2.03. The number of ether oxygens (including phenoxy) is 2. The maximum absolute atomic E-state index is 13.2. The molecule has 1 saturated heterocycles. The Kier molecular flexibility index (Phi) is 4.55. The number of rotatable bonds is 3. The lowest BCUT2D eigenvalue weighted by atomic mass is 10.3. The van der Waals surface area contributed by atoms with Crippen LogP contribution in [0.1, 0.15) is 0 Å². The van der Waals surface area contributed by atoms with Gasteiger partial charge in [0, 0.05) is 12.6 Å². The third kappa shape index (κ3) is 3.36. The molecule has 0 bridgehead atoms. The lowest BCUT2D eigenvalue weighted by Crippen LogP contribution is -2.48. The molecule has 0 N–H and O–H groups in total. The maximum atomic E-state index is 13.2. The van der Waals surface area contributed by atoms with Gasteiger partial charge in [-0.15, -0.1) is 0 Å². The SMILES string of the molecule is COC(=O)C1CN(S(=O)(=O)c2cc(F)cc(F)c2)CCO1. The Bertz CT molecular complexity index is 629. The Morgan fingerprint density at radius 2 is 1.95 bits per heavy atom. The third-order valence-corrected chi connectivity index (χ3v) is 4.81. The molecule has 0 spiro atoms. The standard InChI is InChI=1S/C12H13F2NO5S/c1-19-12(16)11-7-15(2-3-20-11)21(17,18)10-5-8(13)4-9(14)6-10/h4-6,11H,2-3,7H2,1H3. The van der Waals surface area contributed by atoms with Gasteiger partial charge in [0.2, 0.25) is 10.0 Å². The van der Waals surface area contributed by atoms with Crippen LogP contribution in [0.2, 0.25) is 0 Å². The van der Waals surface area contributed by atoms with E-state index in [2.05, 4.69) is 4.74 Å². The van der Waals surface area contributed by atoms with E-state index >= 15 is 0 Å². The van der Waals surface area contributed by atoms with Crippen molar-refractivity contribution in [2.45, 2.75) is 11.0 Å². The van der Waals surface area contributed by atoms with E-state index in [1.807, 2.05) is 0 Å². The summed E-state index contributed by atoms with van der Waals surface area (Å²) in [5.41, 5.74) is 0. The van der Waals surface area contributed by atoms with Crippen LogP contribution in [0.25, 0.3) is 0 Å². The van der Waals surface area contributed by atoms with Crippen LogP contribution in [0.5, 0.6) is 0 Å². The molecule has 0 saturated carbocycles. The average molecular weight is 321 g/mol. The van der Waals surface area contributed by atoms with Crippen molar-refractivity contribution in [3.8, 4) is 0 Å². The normalized spacial score (nSPS) is 20.2. The highest BCUT2D eigenvalue weighted by Gasteiger charge is 2.35. The van der Waals surface area contributed by atoms with Crippen LogP contribution >= 0.6 is 0 Å². The van der Waals surface area contributed by atoms with Gasteiger partial charge in [-0.25, -0.2) is 22.0 Å². The van der Waals surface area contributed by atoms with Crippen LogP contribution in [-0.2, 0) is 24.3 Å². The molecule has 6 nitrogen and oxygen atoms in total. The second kappa shape index (κ2) is 6.04. The molecule has 2 rings (SSSR count). The van der Waals surface area contributed by atoms with E-state index in [1.165, 1.54) is 0 Å². The second-order valence-corrected chi connectivity index (χ2v) is 6.29. The molecule has 21 heavy (non-hydrogen) atoms. The minimum Gasteiger partial charge on any atom is -0.467 e. The maximum Gasteiger partial charge on any atom is 0.336 e. The summed E-state index contributed by atoms with van der Waals surface area (Å²) in [4.78, 5) is 10.9. The first kappa shape index (κ1) is 15.8. The van der Waals surface area contributed by atoms with Crippen LogP contribution in [0.15, 0.2) is 23.1 Å². The van der Waals surface area contributed by atoms with Crippen LogP contribution < -0.4 is 0 Å². The first-order valence-electron chi connectivity index (χ1n) is 6.00. The summed E-state index contributed by atoms with van der Waals surface area (Å²) in [6.45, 7) is -0.308. The van der Waals surface area contributed by atoms with Crippen molar-refractivity contribution in [3.63, 3.8) is 0 Å². The zero-order chi connectivity index (χ0) is 15.6. The Balaban J connectivity index is 2.28. The molecule has 1 aromatic carbocycles. The van der Waals surface area contributed by atoms with E-state index in [1.54, 1.807) is 0 Å². The molecule has 1 aliphatic heterocycles. The molecule has 1 heterocycles. The monoisotopic (exact) mass is 321 g/mol. The summed E-state index contributed by atoms with van der Waals surface area (Å²) < 4.78 is 61.5. The summed E-state index contributed by atoms with van der Waals surface area (Å²) in [5, 5.41) is 0. The quantitative estimate of drug-likeness (QED) is 0.759. The minimum atomic E-state index is -4.12. The number of hydrogen-bond donors (Lipinski definition) is 0. The Labute approximate surface area is 120 Å². The highest BCUT2D eigenvalue weighted by Crippen LogP contribution is 2.21. The van der Waals surface area contributed by atoms with Crippen LogP contribution in [0, 0.1) is 11.6 Å². The topological polar surface area (TPSA) is 72.9 Å². The molecular formula is C12H13F2NO5S. The fourth-order valence-corrected chi connectivity index (χ4v) is 3.41. The van der Waals surface area contributed by atoms with Crippen LogP contribution in [-0.4, -0.2) is 51.6 Å². The highest BCUT2D eigenvalue weighted by molar-refractivity contribution is 7.89. The summed E-state index contributed by atoms with van der Waals surface area (Å²) in [5.74, 6) is -2.70. The number of carbonyl (C=O) groups is 1. The number of sulfonamides is 1. The first-order chi connectivity index (χ1) is 9.84. The van der Waals surface area contributed by atoms with Crippen molar-refractivity contribution in [1.82, 2.24) is 4.31 Å². The van der Waals surface area contributed by atoms with Gasteiger partial charge in [-0.1, -0.05) is 0 Å². The van der Waals surface area contributed by atoms with Gasteiger partial charge in [-0.05, 0) is 12.1 Å². The minimum absolute atomic E-state index is 0.0171. The molecule has 9 heteroatoms. The van der Waals surface area contributed by atoms with E-state index in [-0.39, 0.29) is 19.7 Å². The van der Waals surface area contributed by atoms with Gasteiger partial charge in [0.1, 0.15) is 11.6 Å². The van der Waals surface area contributed by atoms with Gasteiger partial charge < -0.3 is 9.47 Å². The fraction of sp³-hybridized carbons (Fsp3) is 0.417. The molecular weight excluding hydrogens is 308 g/mol. The predicted molar refractivity (Wildman–Crippen MR) is 66.9 cm³/mol. The highest BCUT2D eigenvalue weighted by atomic mass is 32.2. The molecule has 1 unspecified atom stereocenters. The molecule has 0 amide bonds. The molecule has 0 aromatic heterocycles. The molecule has 1 fully saturated rings. The van der Waals surface area contributed by atoms with Crippen molar-refractivity contribution >= 4 is 16.0 Å². The summed E-state index contributed by atoms with van der Waals surface area (Å²) in [7, 11) is -2.96. The predicted octanol–water partition coefficient (Wildman–Crippen LogP) is 0.527. The van der Waals surface area contributed by atoms with Crippen LogP contribution in [0.4, 0.5) is 8.78 Å². The van der Waals surface area contributed by atoms with E-state index in [0.717, 1.165) is 23.5 Å². The zero-order valence-electron chi connectivity index (χ0n) is 11.1. The number of carbonyl (C=O) groups excluding carboxylic acids is 1. The molecule has 1 aromatic rings. The number of benzene rings is 1. The lowest BCUT2D eigenvalue weighted by Gasteiger charge is -2.30. The molecule has 116 valence electrons. The molecule has 1 atom stereocenters. The van der Waals surface area contributed by atoms with Gasteiger partial charge in [-0.3, -0.25) is 0 Å². The summed E-state index contributed by atoms with van der Waals surface area (Å²) >= 11 is 0. The number of methoxy groups -OCH3 is 1. The van der Waals surface area contributed by atoms with E-state index in [0.29, 0.717) is 6.07 Å².